The number of hydrogen-bond donors (Lipinski definition) is 6. The molecule has 0 atom stereocenters. The first-order chi connectivity index (χ1) is 30.0. The van der Waals surface area contributed by atoms with Crippen molar-refractivity contribution in [3.05, 3.63) is 121 Å². The maximum atomic E-state index is 12.4. The summed E-state index contributed by atoms with van der Waals surface area (Å²) in [4.78, 5) is -2.65. The average Bonchev–Trinajstić information content (AvgIpc) is 3.22. The molecule has 20 nitrogen and oxygen atoms in total. The van der Waals surface area contributed by atoms with E-state index in [1.807, 2.05) is 0 Å². The summed E-state index contributed by atoms with van der Waals surface area (Å²) in [5, 5.41) is 37.8. The maximum absolute atomic E-state index is 12.4. The summed E-state index contributed by atoms with van der Waals surface area (Å²) in [6.07, 6.45) is 0. The van der Waals surface area contributed by atoms with Gasteiger partial charge in [0.1, 0.15) is 21.2 Å². The second-order valence-corrected chi connectivity index (χ2v) is 19.5. The van der Waals surface area contributed by atoms with Crippen LogP contribution in [0.5, 0.6) is 5.75 Å². The van der Waals surface area contributed by atoms with Gasteiger partial charge in [-0.2, -0.15) is 38.8 Å². The van der Waals surface area contributed by atoms with Crippen LogP contribution in [-0.4, -0.2) is 57.0 Å². The number of hydrogen-bond acceptors (Lipinski definition) is 16. The van der Waals surface area contributed by atoms with Gasteiger partial charge in [-0.3, -0.25) is 18.2 Å². The van der Waals surface area contributed by atoms with Crippen LogP contribution in [0.2, 0.25) is 0 Å². The molecule has 0 heterocycles. The Labute approximate surface area is 390 Å². The zero-order valence-corrected chi connectivity index (χ0v) is 38.2. The van der Waals surface area contributed by atoms with Gasteiger partial charge in [-0.05, 0) is 89.6 Å². The third-order valence-corrected chi connectivity index (χ3v) is 13.1. The van der Waals surface area contributed by atoms with Crippen LogP contribution in [0, 0.1) is 0 Å². The van der Waals surface area contributed by atoms with Crippen molar-refractivity contribution in [1.82, 2.24) is 0 Å². The number of phenols is 1. The molecule has 0 aromatic heterocycles. The van der Waals surface area contributed by atoms with E-state index in [9.17, 15) is 57.0 Å². The van der Waals surface area contributed by atoms with Crippen molar-refractivity contribution in [3.8, 4) is 5.75 Å². The van der Waals surface area contributed by atoms with E-state index < -0.39 is 60.1 Å². The molecule has 0 unspecified atom stereocenters. The smallest absolute Gasteiger partial charge is 0.507 e. The molecule has 0 amide bonds. The molecule has 0 spiro atoms. The largest absolute Gasteiger partial charge is 1.00 e. The number of aromatic hydroxyl groups is 1. The number of nitrogens with zero attached hydrogens (tertiary/aromatic N) is 6. The van der Waals surface area contributed by atoms with Crippen LogP contribution in [0.4, 0.5) is 39.8 Å². The van der Waals surface area contributed by atoms with Crippen molar-refractivity contribution >= 4 is 123 Å². The van der Waals surface area contributed by atoms with Crippen molar-refractivity contribution in [2.24, 2.45) is 30.7 Å². The van der Waals surface area contributed by atoms with Crippen LogP contribution >= 0.6 is 0 Å². The monoisotopic (exact) mass is 964 g/mol. The van der Waals surface area contributed by atoms with Gasteiger partial charge in [-0.25, -0.2) is 0 Å². The summed E-state index contributed by atoms with van der Waals surface area (Å²) in [6.45, 7) is 0. The van der Waals surface area contributed by atoms with Gasteiger partial charge in [-0.15, -0.1) is 25.6 Å². The van der Waals surface area contributed by atoms with E-state index in [0.29, 0.717) is 28.2 Å². The van der Waals surface area contributed by atoms with Crippen LogP contribution in [0.1, 0.15) is 0 Å². The van der Waals surface area contributed by atoms with E-state index in [1.54, 1.807) is 36.4 Å². The van der Waals surface area contributed by atoms with Crippen LogP contribution in [0.25, 0.3) is 43.1 Å². The molecule has 0 aliphatic heterocycles. The summed E-state index contributed by atoms with van der Waals surface area (Å²) in [5.74, 6) is -0.291. The number of nitrogen functional groups attached to an aromatic ring is 1. The Hall–Kier alpha value is -6.16. The molecule has 0 fully saturated rings. The number of anilines is 1. The van der Waals surface area contributed by atoms with E-state index in [1.165, 1.54) is 54.6 Å². The van der Waals surface area contributed by atoms with Crippen LogP contribution < -0.4 is 35.3 Å². The predicted molar refractivity (Wildman–Crippen MR) is 234 cm³/mol. The minimum atomic E-state index is -4.96. The molecule has 0 saturated carbocycles. The molecule has 8 aromatic carbocycles. The maximum Gasteiger partial charge on any atom is 1.00 e. The van der Waals surface area contributed by atoms with Crippen molar-refractivity contribution in [3.63, 3.8) is 0 Å². The van der Waals surface area contributed by atoms with Crippen LogP contribution in [0.15, 0.2) is 172 Å². The molecule has 0 saturated heterocycles. The Balaban J connectivity index is 0.00000630. The second-order valence-electron chi connectivity index (χ2n) is 13.9. The Bertz CT molecular complexity index is 3890. The SMILES string of the molecule is Nc1cc(O)c2cc(N=Nc3ccc(N=Nc4ccc(N=Nc5ccc6cc(S(=O)(=O)O)cc(S(=O)(=O)O)c6c5)c5ccccc45)c4cc(S(=O)(=O)O)ccc34)c(S(=O)(=O)O)cc2c1.[Na+]. The molecule has 7 N–H and O–H groups in total. The van der Waals surface area contributed by atoms with Gasteiger partial charge < -0.3 is 10.8 Å². The molecule has 65 heavy (non-hydrogen) atoms. The number of rotatable bonds is 10. The second kappa shape index (κ2) is 17.3. The standard InChI is InChI=1S/C40H27N7O13S4.Na/c41-23-13-22-15-40(64(58,59)60)37(20-30(22)38(48)16-23)47-45-35-11-12-36(32-18-25(61(49,50)51)7-8-29(32)35)46-44-34-10-9-33(27-3-1-2-4-28(27)34)43-42-24-6-5-21-14-26(62(52,53)54)19-39(31(21)17-24)63(55,56)57;/h1-20,48H,41H2,(H,49,50,51)(H,52,53,54)(H,55,56,57)(H,58,59,60);/q;+1. The molecule has 0 radical (unpaired) electrons. The fourth-order valence-electron chi connectivity index (χ4n) is 6.78. The Morgan fingerprint density at radius 2 is 0.908 bits per heavy atom. The molecular formula is C40H27N7NaO13S4+. The third-order valence-electron chi connectivity index (χ3n) is 9.68. The van der Waals surface area contributed by atoms with Crippen molar-refractivity contribution in [1.29, 1.82) is 0 Å². The summed E-state index contributed by atoms with van der Waals surface area (Å²) >= 11 is 0. The van der Waals surface area contributed by atoms with E-state index >= 15 is 0 Å². The first kappa shape index (κ1) is 46.8. The van der Waals surface area contributed by atoms with Crippen molar-refractivity contribution in [2.75, 3.05) is 5.73 Å². The fraction of sp³-hybridized carbons (Fsp3) is 0. The average molecular weight is 965 g/mol. The third kappa shape index (κ3) is 9.77. The van der Waals surface area contributed by atoms with Gasteiger partial charge >= 0.3 is 29.6 Å². The van der Waals surface area contributed by atoms with E-state index in [4.69, 9.17) is 5.73 Å². The molecule has 324 valence electrons. The van der Waals surface area contributed by atoms with Crippen molar-refractivity contribution in [2.45, 2.75) is 19.6 Å². The number of azo groups is 3. The van der Waals surface area contributed by atoms with Gasteiger partial charge in [-0.1, -0.05) is 36.4 Å². The van der Waals surface area contributed by atoms with Crippen LogP contribution in [-0.2, 0) is 40.5 Å². The summed E-state index contributed by atoms with van der Waals surface area (Å²) in [5.41, 5.74) is 6.50. The molecule has 0 aliphatic rings. The van der Waals surface area contributed by atoms with Crippen LogP contribution in [0.3, 0.4) is 0 Å². The van der Waals surface area contributed by atoms with Gasteiger partial charge in [0, 0.05) is 44.1 Å². The number of benzene rings is 8. The topological polar surface area (TPSA) is 338 Å². The molecule has 0 aliphatic carbocycles. The number of phenolic OH excluding ortho intramolecular Hbond substituents is 1. The molecule has 25 heteroatoms. The normalized spacial score (nSPS) is 12.9. The number of fused-ring (bicyclic) bond motifs is 4. The van der Waals surface area contributed by atoms with E-state index in [2.05, 4.69) is 30.7 Å². The van der Waals surface area contributed by atoms with Gasteiger partial charge in [0.2, 0.25) is 0 Å². The van der Waals surface area contributed by atoms with Gasteiger partial charge in [0.25, 0.3) is 40.5 Å². The zero-order valence-electron chi connectivity index (χ0n) is 32.9. The molecule has 8 rings (SSSR count). The van der Waals surface area contributed by atoms with E-state index in [0.717, 1.165) is 24.3 Å². The Morgan fingerprint density at radius 3 is 1.46 bits per heavy atom. The Kier molecular flexibility index (Phi) is 12.5. The minimum absolute atomic E-state index is 0. The molecule has 8 aromatic rings. The zero-order chi connectivity index (χ0) is 45.9. The first-order valence-corrected chi connectivity index (χ1v) is 23.7. The minimum Gasteiger partial charge on any atom is -0.507 e. The fourth-order valence-corrected chi connectivity index (χ4v) is 9.27. The quantitative estimate of drug-likeness (QED) is 0.0354. The summed E-state index contributed by atoms with van der Waals surface area (Å²) < 4.78 is 136. The molecular weight excluding hydrogens is 938 g/mol. The van der Waals surface area contributed by atoms with Crippen molar-refractivity contribution < 1.29 is 86.5 Å². The Morgan fingerprint density at radius 1 is 0.385 bits per heavy atom. The summed E-state index contributed by atoms with van der Waals surface area (Å²) in [7, 11) is -19.4. The number of nitrogens with two attached hydrogens (primary N) is 1. The molecule has 0 bridgehead atoms. The van der Waals surface area contributed by atoms with Gasteiger partial charge in [0.05, 0.1) is 38.2 Å². The first-order valence-electron chi connectivity index (χ1n) is 17.9. The predicted octanol–water partition coefficient (Wildman–Crippen LogP) is 6.82. The van der Waals surface area contributed by atoms with E-state index in [-0.39, 0.29) is 96.1 Å². The summed E-state index contributed by atoms with van der Waals surface area (Å²) in [6, 6.07) is 26.9. The van der Waals surface area contributed by atoms with Gasteiger partial charge in [0.15, 0.2) is 0 Å².